The van der Waals surface area contributed by atoms with Crippen LogP contribution in [0.4, 0.5) is 0 Å². The van der Waals surface area contributed by atoms with Gasteiger partial charge in [-0.25, -0.2) is 0 Å². The van der Waals surface area contributed by atoms with Gasteiger partial charge in [0.2, 0.25) is 0 Å². The summed E-state index contributed by atoms with van der Waals surface area (Å²) in [6.45, 7) is 4.67. The van der Waals surface area contributed by atoms with E-state index >= 15 is 0 Å². The van der Waals surface area contributed by atoms with Gasteiger partial charge in [-0.2, -0.15) is 0 Å². The van der Waals surface area contributed by atoms with Crippen LogP contribution in [0, 0.1) is 6.92 Å². The maximum Gasteiger partial charge on any atom is 0.0485 e. The van der Waals surface area contributed by atoms with E-state index in [0.29, 0.717) is 6.04 Å². The number of para-hydroxylation sites is 1. The molecule has 1 aliphatic rings. The minimum atomic E-state index is 0.686. The van der Waals surface area contributed by atoms with E-state index in [-0.39, 0.29) is 0 Å². The van der Waals surface area contributed by atoms with E-state index in [9.17, 15) is 0 Å². The Kier molecular flexibility index (Phi) is 2.67. The Balaban J connectivity index is 2.02. The molecule has 1 aliphatic heterocycles. The van der Waals surface area contributed by atoms with Crippen molar-refractivity contribution >= 4 is 10.9 Å². The molecular weight excluding hydrogens is 208 g/mol. The average Bonchev–Trinajstić information content (AvgIpc) is 2.66. The topological polar surface area (TPSA) is 8.17 Å². The summed E-state index contributed by atoms with van der Waals surface area (Å²) in [7, 11) is 2.22. The monoisotopic (exact) mass is 228 g/mol. The molecule has 0 bridgehead atoms. The van der Waals surface area contributed by atoms with Gasteiger partial charge in [0, 0.05) is 17.3 Å². The number of nitrogens with zero attached hydrogens (tertiary/aromatic N) is 2. The maximum atomic E-state index is 2.54. The summed E-state index contributed by atoms with van der Waals surface area (Å²) in [5.41, 5.74) is 2.81. The third-order valence-corrected chi connectivity index (χ3v) is 3.99. The number of hydrogen-bond donors (Lipinski definition) is 0. The molecule has 1 aromatic heterocycles. The molecule has 2 aromatic rings. The van der Waals surface area contributed by atoms with Gasteiger partial charge in [0.15, 0.2) is 0 Å². The second-order valence-corrected chi connectivity index (χ2v) is 5.25. The van der Waals surface area contributed by atoms with Crippen LogP contribution >= 0.6 is 0 Å². The van der Waals surface area contributed by atoms with Crippen LogP contribution in [0.3, 0.4) is 0 Å². The standard InChI is InChI=1S/C15H20N2/c1-12-11-13-5-3-4-6-15(13)17(12)14-7-9-16(2)10-8-14/h3-6,11,14H,7-10H2,1-2H3. The van der Waals surface area contributed by atoms with Crippen LogP contribution in [0.15, 0.2) is 30.3 Å². The normalized spacial score (nSPS) is 18.9. The highest BCUT2D eigenvalue weighted by Crippen LogP contribution is 2.29. The van der Waals surface area contributed by atoms with Gasteiger partial charge in [0.05, 0.1) is 0 Å². The van der Waals surface area contributed by atoms with Crippen molar-refractivity contribution in [3.05, 3.63) is 36.0 Å². The van der Waals surface area contributed by atoms with Crippen molar-refractivity contribution in [2.24, 2.45) is 0 Å². The smallest absolute Gasteiger partial charge is 0.0485 e. The molecule has 0 aliphatic carbocycles. The van der Waals surface area contributed by atoms with Crippen LogP contribution in [0.1, 0.15) is 24.6 Å². The molecule has 2 heteroatoms. The van der Waals surface area contributed by atoms with E-state index < -0.39 is 0 Å². The highest BCUT2D eigenvalue weighted by Gasteiger charge is 2.20. The molecule has 0 atom stereocenters. The lowest BCUT2D eigenvalue weighted by molar-refractivity contribution is 0.223. The number of hydrogen-bond acceptors (Lipinski definition) is 1. The number of piperidine rings is 1. The van der Waals surface area contributed by atoms with Crippen LogP contribution < -0.4 is 0 Å². The third-order valence-electron chi connectivity index (χ3n) is 3.99. The lowest BCUT2D eigenvalue weighted by Gasteiger charge is -2.31. The van der Waals surface area contributed by atoms with Gasteiger partial charge >= 0.3 is 0 Å². The van der Waals surface area contributed by atoms with E-state index in [2.05, 4.69) is 53.8 Å². The van der Waals surface area contributed by atoms with Crippen molar-refractivity contribution < 1.29 is 0 Å². The molecule has 1 aromatic carbocycles. The third kappa shape index (κ3) is 1.87. The number of likely N-dealkylation sites (tertiary alicyclic amines) is 1. The van der Waals surface area contributed by atoms with E-state index in [1.807, 2.05) is 0 Å². The zero-order chi connectivity index (χ0) is 11.8. The molecule has 2 nitrogen and oxygen atoms in total. The minimum absolute atomic E-state index is 0.686. The summed E-state index contributed by atoms with van der Waals surface area (Å²) >= 11 is 0. The van der Waals surface area contributed by atoms with Crippen LogP contribution in [0.5, 0.6) is 0 Å². The number of aryl methyl sites for hydroxylation is 1. The molecule has 2 heterocycles. The van der Waals surface area contributed by atoms with Crippen molar-refractivity contribution in [3.63, 3.8) is 0 Å². The number of aromatic nitrogens is 1. The highest BCUT2D eigenvalue weighted by atomic mass is 15.1. The number of rotatable bonds is 1. The largest absolute Gasteiger partial charge is 0.342 e. The molecule has 1 saturated heterocycles. The molecule has 0 unspecified atom stereocenters. The van der Waals surface area contributed by atoms with Crippen LogP contribution in [-0.2, 0) is 0 Å². The van der Waals surface area contributed by atoms with Crippen LogP contribution in [-0.4, -0.2) is 29.6 Å². The molecule has 0 spiro atoms. The number of benzene rings is 1. The van der Waals surface area contributed by atoms with Crippen molar-refractivity contribution in [2.75, 3.05) is 20.1 Å². The second-order valence-electron chi connectivity index (χ2n) is 5.25. The lowest BCUT2D eigenvalue weighted by atomic mass is 10.0. The summed E-state index contributed by atoms with van der Waals surface area (Å²) in [6.07, 6.45) is 2.55. The molecule has 1 fully saturated rings. The predicted octanol–water partition coefficient (Wildman–Crippen LogP) is 3.22. The zero-order valence-corrected chi connectivity index (χ0v) is 10.7. The molecular formula is C15H20N2. The first-order valence-electron chi connectivity index (χ1n) is 6.51. The summed E-state index contributed by atoms with van der Waals surface area (Å²) < 4.78 is 2.54. The first kappa shape index (κ1) is 10.8. The molecule has 90 valence electrons. The summed E-state index contributed by atoms with van der Waals surface area (Å²) in [6, 6.07) is 11.7. The first-order chi connectivity index (χ1) is 8.25. The molecule has 0 saturated carbocycles. The minimum Gasteiger partial charge on any atom is -0.342 e. The Morgan fingerprint density at radius 1 is 1.12 bits per heavy atom. The van der Waals surface area contributed by atoms with E-state index in [1.54, 1.807) is 0 Å². The molecule has 17 heavy (non-hydrogen) atoms. The first-order valence-corrected chi connectivity index (χ1v) is 6.51. The van der Waals surface area contributed by atoms with Crippen LogP contribution in [0.2, 0.25) is 0 Å². The summed E-state index contributed by atoms with van der Waals surface area (Å²) in [4.78, 5) is 2.43. The van der Waals surface area contributed by atoms with Gasteiger partial charge in [-0.1, -0.05) is 18.2 Å². The van der Waals surface area contributed by atoms with Gasteiger partial charge in [-0.15, -0.1) is 0 Å². The second kappa shape index (κ2) is 4.19. The van der Waals surface area contributed by atoms with Gasteiger partial charge in [-0.05, 0) is 57.4 Å². The zero-order valence-electron chi connectivity index (χ0n) is 10.7. The van der Waals surface area contributed by atoms with Gasteiger partial charge in [0.1, 0.15) is 0 Å². The Morgan fingerprint density at radius 2 is 1.82 bits per heavy atom. The average molecular weight is 228 g/mol. The van der Waals surface area contributed by atoms with Crippen molar-refractivity contribution in [1.29, 1.82) is 0 Å². The summed E-state index contributed by atoms with van der Waals surface area (Å²) in [5.74, 6) is 0. The van der Waals surface area contributed by atoms with E-state index in [4.69, 9.17) is 0 Å². The fourth-order valence-corrected chi connectivity index (χ4v) is 3.05. The Morgan fingerprint density at radius 3 is 2.59 bits per heavy atom. The SMILES string of the molecule is Cc1cc2ccccc2n1C1CCN(C)CC1. The van der Waals surface area contributed by atoms with Gasteiger partial charge in [0.25, 0.3) is 0 Å². The molecule has 0 radical (unpaired) electrons. The predicted molar refractivity (Wildman–Crippen MR) is 72.4 cm³/mol. The van der Waals surface area contributed by atoms with Crippen molar-refractivity contribution in [1.82, 2.24) is 9.47 Å². The summed E-state index contributed by atoms with van der Waals surface area (Å²) in [5, 5.41) is 1.38. The Bertz CT molecular complexity index is 519. The van der Waals surface area contributed by atoms with E-state index in [0.717, 1.165) is 0 Å². The Labute approximate surface area is 103 Å². The highest BCUT2D eigenvalue weighted by molar-refractivity contribution is 5.81. The lowest BCUT2D eigenvalue weighted by Crippen LogP contribution is -2.31. The van der Waals surface area contributed by atoms with Crippen molar-refractivity contribution in [2.45, 2.75) is 25.8 Å². The van der Waals surface area contributed by atoms with Gasteiger partial charge < -0.3 is 9.47 Å². The maximum absolute atomic E-state index is 2.54. The van der Waals surface area contributed by atoms with Gasteiger partial charge in [-0.3, -0.25) is 0 Å². The quantitative estimate of drug-likeness (QED) is 0.727. The van der Waals surface area contributed by atoms with Crippen molar-refractivity contribution in [3.8, 4) is 0 Å². The number of fused-ring (bicyclic) bond motifs is 1. The van der Waals surface area contributed by atoms with E-state index in [1.165, 1.54) is 42.5 Å². The molecule has 0 N–H and O–H groups in total. The Hall–Kier alpha value is -1.28. The molecule has 0 amide bonds. The molecule has 3 rings (SSSR count). The fourth-order valence-electron chi connectivity index (χ4n) is 3.05. The fraction of sp³-hybridized carbons (Fsp3) is 0.467. The van der Waals surface area contributed by atoms with Crippen LogP contribution in [0.25, 0.3) is 10.9 Å².